The van der Waals surface area contributed by atoms with Crippen LogP contribution >= 0.6 is 0 Å². The Balaban J connectivity index is 1.39. The van der Waals surface area contributed by atoms with Crippen molar-refractivity contribution in [3.63, 3.8) is 0 Å². The lowest BCUT2D eigenvalue weighted by molar-refractivity contribution is 0.616. The molecule has 3 N–H and O–H groups in total. The van der Waals surface area contributed by atoms with E-state index < -0.39 is 0 Å². The van der Waals surface area contributed by atoms with Crippen LogP contribution in [0.5, 0.6) is 0 Å². The molecule has 2 aromatic rings. The summed E-state index contributed by atoms with van der Waals surface area (Å²) in [4.78, 5) is 21.0. The fraction of sp³-hybridized carbons (Fsp3) is 0.440. The van der Waals surface area contributed by atoms with Crippen LogP contribution in [0.4, 0.5) is 5.95 Å². The molecule has 4 heterocycles. The fourth-order valence-electron chi connectivity index (χ4n) is 4.00. The lowest BCUT2D eigenvalue weighted by Crippen LogP contribution is -2.30. The second-order valence-electron chi connectivity index (χ2n) is 8.47. The van der Waals surface area contributed by atoms with Crippen LogP contribution in [0.3, 0.4) is 0 Å². The number of likely N-dealkylation sites (N-methyl/N-ethyl adjacent to an activating group) is 1. The predicted octanol–water partition coefficient (Wildman–Crippen LogP) is 2.84. The van der Waals surface area contributed by atoms with Crippen molar-refractivity contribution in [2.45, 2.75) is 38.3 Å². The normalized spacial score (nSPS) is 20.2. The molecule has 174 valence electrons. The van der Waals surface area contributed by atoms with Gasteiger partial charge in [-0.05, 0) is 50.2 Å². The van der Waals surface area contributed by atoms with Gasteiger partial charge in [-0.3, -0.25) is 4.99 Å². The molecule has 33 heavy (non-hydrogen) atoms. The topological polar surface area (TPSA) is 90.4 Å². The monoisotopic (exact) mass is 446 g/mol. The van der Waals surface area contributed by atoms with Crippen LogP contribution in [0.1, 0.15) is 37.9 Å². The van der Waals surface area contributed by atoms with Crippen LogP contribution in [-0.2, 0) is 0 Å². The predicted molar refractivity (Wildman–Crippen MR) is 134 cm³/mol. The van der Waals surface area contributed by atoms with Crippen molar-refractivity contribution < 1.29 is 0 Å². The first kappa shape index (κ1) is 22.9. The second kappa shape index (κ2) is 11.0. The standard InChI is InChI=1S/C25H34N8/c1-4-5-13-27-18(2)9-10-24-29-16-23(31-24)21-8-6-7-20(30-21)22-11-14-28-25(32-22)33-15-12-19(17-33)26-3/h6-11,14,19,23,26-27H,2,4-5,12-13,15-17H2,1,3H3,(H,29,31)/b10-9-/t19-,23?/m1/s1. The van der Waals surface area contributed by atoms with E-state index in [-0.39, 0.29) is 6.04 Å². The molecule has 1 unspecified atom stereocenters. The Labute approximate surface area is 196 Å². The molecule has 2 aromatic heterocycles. The highest BCUT2D eigenvalue weighted by Gasteiger charge is 2.24. The van der Waals surface area contributed by atoms with Gasteiger partial charge in [-0.2, -0.15) is 0 Å². The van der Waals surface area contributed by atoms with Gasteiger partial charge in [-0.15, -0.1) is 0 Å². The molecule has 8 heteroatoms. The number of nitrogens with zero attached hydrogens (tertiary/aromatic N) is 5. The summed E-state index contributed by atoms with van der Waals surface area (Å²) in [6.07, 6.45) is 9.16. The van der Waals surface area contributed by atoms with Crippen LogP contribution in [-0.4, -0.2) is 60.1 Å². The van der Waals surface area contributed by atoms with Gasteiger partial charge in [-0.1, -0.05) is 26.0 Å². The molecule has 0 radical (unpaired) electrons. The summed E-state index contributed by atoms with van der Waals surface area (Å²) in [5, 5.41) is 10.1. The minimum absolute atomic E-state index is 0.0437. The van der Waals surface area contributed by atoms with Gasteiger partial charge in [0, 0.05) is 37.6 Å². The molecule has 2 atom stereocenters. The van der Waals surface area contributed by atoms with Gasteiger partial charge < -0.3 is 20.9 Å². The van der Waals surface area contributed by atoms with Gasteiger partial charge in [-0.25, -0.2) is 15.0 Å². The van der Waals surface area contributed by atoms with Crippen LogP contribution < -0.4 is 20.9 Å². The molecule has 0 bridgehead atoms. The van der Waals surface area contributed by atoms with Crippen molar-refractivity contribution in [3.05, 3.63) is 60.6 Å². The van der Waals surface area contributed by atoms with E-state index in [1.165, 1.54) is 0 Å². The highest BCUT2D eigenvalue weighted by molar-refractivity contribution is 5.94. The maximum absolute atomic E-state index is 4.89. The van der Waals surface area contributed by atoms with Crippen LogP contribution in [0, 0.1) is 0 Å². The number of pyridine rings is 1. The molecule has 4 rings (SSSR count). The molecule has 0 saturated carbocycles. The highest BCUT2D eigenvalue weighted by atomic mass is 15.3. The van der Waals surface area contributed by atoms with Gasteiger partial charge in [0.2, 0.25) is 5.95 Å². The molecule has 0 spiro atoms. The highest BCUT2D eigenvalue weighted by Crippen LogP contribution is 2.23. The number of aliphatic imine (C=N–C) groups is 1. The molecule has 0 aromatic carbocycles. The number of rotatable bonds is 10. The Morgan fingerprint density at radius 3 is 2.97 bits per heavy atom. The zero-order valence-electron chi connectivity index (χ0n) is 19.6. The van der Waals surface area contributed by atoms with E-state index in [0.717, 1.165) is 73.5 Å². The van der Waals surface area contributed by atoms with E-state index in [1.807, 2.05) is 49.7 Å². The number of anilines is 1. The first-order chi connectivity index (χ1) is 16.2. The maximum atomic E-state index is 4.89. The number of nitrogens with one attached hydrogen (secondary N) is 3. The average molecular weight is 447 g/mol. The van der Waals surface area contributed by atoms with Gasteiger partial charge in [0.05, 0.1) is 29.7 Å². The summed E-state index contributed by atoms with van der Waals surface area (Å²) < 4.78 is 0. The molecule has 2 aliphatic heterocycles. The first-order valence-corrected chi connectivity index (χ1v) is 11.8. The van der Waals surface area contributed by atoms with Gasteiger partial charge in [0.15, 0.2) is 0 Å². The van der Waals surface area contributed by atoms with Crippen molar-refractivity contribution in [1.29, 1.82) is 0 Å². The molecule has 2 aliphatic rings. The van der Waals surface area contributed by atoms with Crippen molar-refractivity contribution >= 4 is 11.8 Å². The van der Waals surface area contributed by atoms with E-state index >= 15 is 0 Å². The van der Waals surface area contributed by atoms with E-state index in [0.29, 0.717) is 12.6 Å². The third kappa shape index (κ3) is 5.96. The lowest BCUT2D eigenvalue weighted by atomic mass is 10.1. The summed E-state index contributed by atoms with van der Waals surface area (Å²) >= 11 is 0. The van der Waals surface area contributed by atoms with Crippen molar-refractivity contribution in [1.82, 2.24) is 30.9 Å². The minimum atomic E-state index is 0.0437. The number of hydrogen-bond donors (Lipinski definition) is 3. The maximum Gasteiger partial charge on any atom is 0.225 e. The van der Waals surface area contributed by atoms with E-state index in [4.69, 9.17) is 9.97 Å². The van der Waals surface area contributed by atoms with Crippen molar-refractivity contribution in [3.8, 4) is 11.4 Å². The Morgan fingerprint density at radius 2 is 2.15 bits per heavy atom. The lowest BCUT2D eigenvalue weighted by Gasteiger charge is -2.17. The first-order valence-electron chi connectivity index (χ1n) is 11.8. The van der Waals surface area contributed by atoms with E-state index in [2.05, 4.69) is 44.3 Å². The Bertz CT molecular complexity index is 1010. The van der Waals surface area contributed by atoms with E-state index in [1.54, 1.807) is 0 Å². The average Bonchev–Trinajstić information content (AvgIpc) is 3.53. The fourth-order valence-corrected chi connectivity index (χ4v) is 4.00. The van der Waals surface area contributed by atoms with Gasteiger partial charge >= 0.3 is 0 Å². The zero-order chi connectivity index (χ0) is 23.0. The Hall–Kier alpha value is -3.26. The third-order valence-corrected chi connectivity index (χ3v) is 6.00. The van der Waals surface area contributed by atoms with Crippen molar-refractivity contribution in [2.75, 3.05) is 38.1 Å². The number of allylic oxidation sites excluding steroid dienone is 1. The Morgan fingerprint density at radius 1 is 1.27 bits per heavy atom. The summed E-state index contributed by atoms with van der Waals surface area (Å²) in [6.45, 7) is 9.70. The summed E-state index contributed by atoms with van der Waals surface area (Å²) in [7, 11) is 2.00. The molecule has 0 aliphatic carbocycles. The molecule has 8 nitrogen and oxygen atoms in total. The van der Waals surface area contributed by atoms with Gasteiger partial charge in [0.25, 0.3) is 0 Å². The third-order valence-electron chi connectivity index (χ3n) is 6.00. The SMILES string of the molecule is C=C(/C=C\C1=NCC(c2cccc(-c3ccnc(N4CC[C@@H](NC)C4)n3)n2)N1)NCCCC. The number of hydrogen-bond acceptors (Lipinski definition) is 8. The van der Waals surface area contributed by atoms with Crippen LogP contribution in [0.15, 0.2) is 59.9 Å². The van der Waals surface area contributed by atoms with E-state index in [9.17, 15) is 0 Å². The van der Waals surface area contributed by atoms with Crippen LogP contribution in [0.25, 0.3) is 11.4 Å². The molecule has 1 fully saturated rings. The molecule has 0 amide bonds. The second-order valence-corrected chi connectivity index (χ2v) is 8.47. The number of aromatic nitrogens is 3. The Kier molecular flexibility index (Phi) is 7.67. The van der Waals surface area contributed by atoms with Crippen molar-refractivity contribution in [2.24, 2.45) is 4.99 Å². The summed E-state index contributed by atoms with van der Waals surface area (Å²) in [5.41, 5.74) is 3.54. The number of unbranched alkanes of at least 4 members (excludes halogenated alkanes) is 1. The largest absolute Gasteiger partial charge is 0.386 e. The summed E-state index contributed by atoms with van der Waals surface area (Å²) in [6, 6.07) is 8.52. The summed E-state index contributed by atoms with van der Waals surface area (Å²) in [5.74, 6) is 1.61. The van der Waals surface area contributed by atoms with Crippen LogP contribution in [0.2, 0.25) is 0 Å². The quantitative estimate of drug-likeness (QED) is 0.382. The molecular weight excluding hydrogens is 412 g/mol. The van der Waals surface area contributed by atoms with Gasteiger partial charge in [0.1, 0.15) is 5.84 Å². The zero-order valence-corrected chi connectivity index (χ0v) is 19.6. The molecular formula is C25H34N8. The minimum Gasteiger partial charge on any atom is -0.386 e. The molecule has 1 saturated heterocycles. The number of amidine groups is 1. The smallest absolute Gasteiger partial charge is 0.225 e.